The van der Waals surface area contributed by atoms with Crippen LogP contribution in [0.4, 0.5) is 0 Å². The van der Waals surface area contributed by atoms with Crippen LogP contribution in [0.1, 0.15) is 0 Å². The van der Waals surface area contributed by atoms with E-state index < -0.39 is 0 Å². The third-order valence-corrected chi connectivity index (χ3v) is 8.46. The Morgan fingerprint density at radius 1 is 0.214 bits per heavy atom. The van der Waals surface area contributed by atoms with E-state index in [1.165, 1.54) is 76.8 Å². The Hall–Kier alpha value is -5.46. The fourth-order valence-electron chi connectivity index (χ4n) is 6.33. The molecule has 0 heterocycles. The van der Waals surface area contributed by atoms with Crippen molar-refractivity contribution in [2.24, 2.45) is 0 Å². The van der Waals surface area contributed by atoms with E-state index in [9.17, 15) is 0 Å². The second-order valence-corrected chi connectivity index (χ2v) is 11.0. The summed E-state index contributed by atoms with van der Waals surface area (Å²) < 4.78 is 0. The van der Waals surface area contributed by atoms with Gasteiger partial charge < -0.3 is 0 Å². The maximum Gasteiger partial charge on any atom is -0.00928 e. The van der Waals surface area contributed by atoms with E-state index in [4.69, 9.17) is 0 Å². The normalized spacial score (nSPS) is 11.3. The quantitative estimate of drug-likeness (QED) is 0.198. The van der Waals surface area contributed by atoms with Gasteiger partial charge in [0.1, 0.15) is 0 Å². The van der Waals surface area contributed by atoms with Crippen molar-refractivity contribution in [2.45, 2.75) is 0 Å². The predicted octanol–water partition coefficient (Wildman–Crippen LogP) is 11.8. The van der Waals surface area contributed by atoms with Crippen molar-refractivity contribution in [3.05, 3.63) is 170 Å². The Bertz CT molecular complexity index is 2200. The van der Waals surface area contributed by atoms with Crippen LogP contribution in [-0.4, -0.2) is 0 Å². The van der Waals surface area contributed by atoms with Crippen molar-refractivity contribution in [3.63, 3.8) is 0 Å². The van der Waals surface area contributed by atoms with E-state index in [2.05, 4.69) is 170 Å². The van der Waals surface area contributed by atoms with Crippen molar-refractivity contribution in [1.82, 2.24) is 0 Å². The summed E-state index contributed by atoms with van der Waals surface area (Å²) in [5.41, 5.74) is 9.93. The van der Waals surface area contributed by atoms with Gasteiger partial charge in [0.25, 0.3) is 0 Å². The standard InChI is InChI=1S/C42H28/c1-3-10-29(11-4-1)30-18-20-31(21-19-30)34-22-25-40-39-24-23-35(38-17-9-15-32-14-7-8-16-37(32)38)26-36(39)28-41(42(40)27-34)33-12-5-2-6-13-33/h1-28H. The third-order valence-electron chi connectivity index (χ3n) is 8.46. The molecular formula is C42H28. The Kier molecular flexibility index (Phi) is 5.90. The highest BCUT2D eigenvalue weighted by molar-refractivity contribution is 6.15. The lowest BCUT2D eigenvalue weighted by Crippen LogP contribution is -1.88. The van der Waals surface area contributed by atoms with Gasteiger partial charge in [0.15, 0.2) is 0 Å². The molecule has 42 heavy (non-hydrogen) atoms. The van der Waals surface area contributed by atoms with Crippen LogP contribution in [0.3, 0.4) is 0 Å². The lowest BCUT2D eigenvalue weighted by Gasteiger charge is -2.15. The maximum absolute atomic E-state index is 2.38. The third kappa shape index (κ3) is 4.26. The monoisotopic (exact) mass is 532 g/mol. The number of hydrogen-bond acceptors (Lipinski definition) is 0. The number of rotatable bonds is 4. The molecule has 196 valence electrons. The zero-order chi connectivity index (χ0) is 27.9. The average molecular weight is 533 g/mol. The summed E-state index contributed by atoms with van der Waals surface area (Å²) in [7, 11) is 0. The molecule has 0 aliphatic heterocycles. The molecule has 0 spiro atoms. The number of hydrogen-bond donors (Lipinski definition) is 0. The second kappa shape index (κ2) is 10.2. The molecule has 0 aliphatic rings. The van der Waals surface area contributed by atoms with Gasteiger partial charge >= 0.3 is 0 Å². The Morgan fingerprint density at radius 3 is 1.57 bits per heavy atom. The molecule has 8 aromatic carbocycles. The largest absolute Gasteiger partial charge is 0.0622 e. The summed E-state index contributed by atoms with van der Waals surface area (Å²) in [6.07, 6.45) is 0. The Labute approximate surface area is 246 Å². The van der Waals surface area contributed by atoms with Gasteiger partial charge in [-0.15, -0.1) is 0 Å². The van der Waals surface area contributed by atoms with Crippen molar-refractivity contribution in [3.8, 4) is 44.5 Å². The van der Waals surface area contributed by atoms with Crippen LogP contribution in [0, 0.1) is 0 Å². The molecule has 8 aromatic rings. The molecule has 0 saturated heterocycles. The molecular weight excluding hydrogens is 504 g/mol. The molecule has 0 aromatic heterocycles. The molecule has 0 fully saturated rings. The number of benzene rings is 8. The molecule has 0 heteroatoms. The summed E-state index contributed by atoms with van der Waals surface area (Å²) in [5.74, 6) is 0. The first-order valence-electron chi connectivity index (χ1n) is 14.5. The molecule has 8 rings (SSSR count). The van der Waals surface area contributed by atoms with E-state index >= 15 is 0 Å². The average Bonchev–Trinajstić information content (AvgIpc) is 3.08. The van der Waals surface area contributed by atoms with Crippen molar-refractivity contribution >= 4 is 32.3 Å². The van der Waals surface area contributed by atoms with Gasteiger partial charge in [0.05, 0.1) is 0 Å². The summed E-state index contributed by atoms with van der Waals surface area (Å²) in [6.45, 7) is 0. The second-order valence-electron chi connectivity index (χ2n) is 11.0. The zero-order valence-electron chi connectivity index (χ0n) is 23.2. The van der Waals surface area contributed by atoms with E-state index in [-0.39, 0.29) is 0 Å². The predicted molar refractivity (Wildman–Crippen MR) is 181 cm³/mol. The minimum atomic E-state index is 1.22. The highest BCUT2D eigenvalue weighted by Crippen LogP contribution is 2.39. The van der Waals surface area contributed by atoms with E-state index in [0.717, 1.165) is 0 Å². The van der Waals surface area contributed by atoms with Gasteiger partial charge in [-0.3, -0.25) is 0 Å². The van der Waals surface area contributed by atoms with Gasteiger partial charge in [-0.2, -0.15) is 0 Å². The SMILES string of the molecule is c1ccc(-c2ccc(-c3ccc4c(c3)c(-c3ccccc3)cc3cc(-c5cccc6ccccc56)ccc34)cc2)cc1. The zero-order valence-corrected chi connectivity index (χ0v) is 23.2. The first kappa shape index (κ1) is 24.3. The molecule has 0 unspecified atom stereocenters. The van der Waals surface area contributed by atoms with Crippen LogP contribution in [0.25, 0.3) is 76.8 Å². The summed E-state index contributed by atoms with van der Waals surface area (Å²) in [6, 6.07) is 61.8. The van der Waals surface area contributed by atoms with Gasteiger partial charge in [0.2, 0.25) is 0 Å². The highest BCUT2D eigenvalue weighted by Gasteiger charge is 2.12. The smallest absolute Gasteiger partial charge is 0.00928 e. The topological polar surface area (TPSA) is 0 Å². The minimum absolute atomic E-state index is 1.22. The van der Waals surface area contributed by atoms with Gasteiger partial charge in [-0.25, -0.2) is 0 Å². The van der Waals surface area contributed by atoms with Crippen LogP contribution in [0.5, 0.6) is 0 Å². The fourth-order valence-corrected chi connectivity index (χ4v) is 6.33. The van der Waals surface area contributed by atoms with Crippen molar-refractivity contribution < 1.29 is 0 Å². The van der Waals surface area contributed by atoms with Crippen molar-refractivity contribution in [1.29, 1.82) is 0 Å². The maximum atomic E-state index is 2.38. The summed E-state index contributed by atoms with van der Waals surface area (Å²) >= 11 is 0. The van der Waals surface area contributed by atoms with Gasteiger partial charge in [0, 0.05) is 0 Å². The van der Waals surface area contributed by atoms with Crippen LogP contribution >= 0.6 is 0 Å². The highest BCUT2D eigenvalue weighted by atomic mass is 14.2. The lowest BCUT2D eigenvalue weighted by molar-refractivity contribution is 1.60. The Balaban J connectivity index is 1.30. The van der Waals surface area contributed by atoms with Gasteiger partial charge in [-0.05, 0) is 95.0 Å². The van der Waals surface area contributed by atoms with Crippen molar-refractivity contribution in [2.75, 3.05) is 0 Å². The summed E-state index contributed by atoms with van der Waals surface area (Å²) in [4.78, 5) is 0. The summed E-state index contributed by atoms with van der Waals surface area (Å²) in [5, 5.41) is 7.64. The molecule has 0 aliphatic carbocycles. The molecule has 0 saturated carbocycles. The lowest BCUT2D eigenvalue weighted by atomic mass is 9.89. The Morgan fingerprint density at radius 2 is 0.786 bits per heavy atom. The first-order valence-corrected chi connectivity index (χ1v) is 14.5. The van der Waals surface area contributed by atoms with Gasteiger partial charge in [-0.1, -0.05) is 152 Å². The molecule has 0 atom stereocenters. The molecule has 0 nitrogen and oxygen atoms in total. The molecule has 0 bridgehead atoms. The van der Waals surface area contributed by atoms with E-state index in [1.807, 2.05) is 0 Å². The molecule has 0 N–H and O–H groups in total. The molecule has 0 radical (unpaired) electrons. The fraction of sp³-hybridized carbons (Fsp3) is 0. The van der Waals surface area contributed by atoms with Crippen LogP contribution in [0.2, 0.25) is 0 Å². The number of fused-ring (bicyclic) bond motifs is 4. The first-order chi connectivity index (χ1) is 20.8. The van der Waals surface area contributed by atoms with Crippen LogP contribution in [0.15, 0.2) is 170 Å². The molecule has 0 amide bonds. The van der Waals surface area contributed by atoms with Crippen LogP contribution in [-0.2, 0) is 0 Å². The van der Waals surface area contributed by atoms with E-state index in [1.54, 1.807) is 0 Å². The minimum Gasteiger partial charge on any atom is -0.0622 e. The van der Waals surface area contributed by atoms with E-state index in [0.29, 0.717) is 0 Å². The van der Waals surface area contributed by atoms with Crippen LogP contribution < -0.4 is 0 Å².